The lowest BCUT2D eigenvalue weighted by Gasteiger charge is -2.15. The van der Waals surface area contributed by atoms with E-state index in [1.54, 1.807) is 17.5 Å². The molecule has 1 atom stereocenters. The van der Waals surface area contributed by atoms with Gasteiger partial charge in [-0.05, 0) is 42.1 Å². The summed E-state index contributed by atoms with van der Waals surface area (Å²) >= 11 is 7.58. The minimum atomic E-state index is 0.164. The number of anilines is 1. The maximum atomic E-state index is 5.88. The Kier molecular flexibility index (Phi) is 3.36. The van der Waals surface area contributed by atoms with E-state index < -0.39 is 0 Å². The quantitative estimate of drug-likeness (QED) is 0.721. The second kappa shape index (κ2) is 5.15. The van der Waals surface area contributed by atoms with E-state index >= 15 is 0 Å². The van der Waals surface area contributed by atoms with Crippen molar-refractivity contribution in [2.75, 3.05) is 5.32 Å². The van der Waals surface area contributed by atoms with Crippen LogP contribution in [0.2, 0.25) is 5.15 Å². The van der Waals surface area contributed by atoms with Gasteiger partial charge >= 0.3 is 0 Å². The average Bonchev–Trinajstić information content (AvgIpc) is 2.85. The lowest BCUT2D eigenvalue weighted by molar-refractivity contribution is 0.879. The zero-order chi connectivity index (χ0) is 13.2. The first kappa shape index (κ1) is 12.4. The van der Waals surface area contributed by atoms with Gasteiger partial charge in [0.1, 0.15) is 5.15 Å². The highest BCUT2D eigenvalue weighted by molar-refractivity contribution is 7.17. The Morgan fingerprint density at radius 2 is 2.16 bits per heavy atom. The van der Waals surface area contributed by atoms with Crippen LogP contribution in [-0.2, 0) is 0 Å². The van der Waals surface area contributed by atoms with Gasteiger partial charge in [-0.15, -0.1) is 11.3 Å². The van der Waals surface area contributed by atoms with Gasteiger partial charge in [-0.1, -0.05) is 11.6 Å². The number of thiophene rings is 1. The zero-order valence-electron chi connectivity index (χ0n) is 10.3. The van der Waals surface area contributed by atoms with E-state index in [1.807, 2.05) is 24.4 Å². The number of aromatic nitrogens is 2. The normalized spacial score (nSPS) is 12.5. The number of hydrogen-bond acceptors (Lipinski definition) is 4. The van der Waals surface area contributed by atoms with Gasteiger partial charge in [0.15, 0.2) is 0 Å². The van der Waals surface area contributed by atoms with Crippen molar-refractivity contribution in [3.8, 4) is 0 Å². The molecule has 1 unspecified atom stereocenters. The smallest absolute Gasteiger partial charge is 0.131 e. The highest BCUT2D eigenvalue weighted by Crippen LogP contribution is 2.25. The molecule has 0 aliphatic carbocycles. The fraction of sp³-hybridized carbons (Fsp3) is 0.143. The molecule has 0 spiro atoms. The number of hydrogen-bond donors (Lipinski definition) is 1. The third-order valence-corrected chi connectivity index (χ3v) is 3.99. The van der Waals surface area contributed by atoms with Crippen LogP contribution in [0, 0.1) is 0 Å². The summed E-state index contributed by atoms with van der Waals surface area (Å²) in [6.45, 7) is 2.10. The molecule has 0 fully saturated rings. The molecule has 0 amide bonds. The van der Waals surface area contributed by atoms with E-state index in [9.17, 15) is 0 Å². The topological polar surface area (TPSA) is 37.8 Å². The number of pyridine rings is 2. The molecule has 0 saturated heterocycles. The van der Waals surface area contributed by atoms with Crippen LogP contribution in [0.1, 0.15) is 18.5 Å². The van der Waals surface area contributed by atoms with E-state index in [1.165, 1.54) is 4.70 Å². The second-order valence-electron chi connectivity index (χ2n) is 4.31. The molecule has 3 rings (SSSR count). The van der Waals surface area contributed by atoms with Crippen molar-refractivity contribution in [2.24, 2.45) is 0 Å². The van der Waals surface area contributed by atoms with E-state index in [0.29, 0.717) is 5.15 Å². The first-order valence-corrected chi connectivity index (χ1v) is 7.19. The summed E-state index contributed by atoms with van der Waals surface area (Å²) in [7, 11) is 0. The van der Waals surface area contributed by atoms with Gasteiger partial charge in [0.2, 0.25) is 0 Å². The minimum Gasteiger partial charge on any atom is -0.378 e. The largest absolute Gasteiger partial charge is 0.378 e. The molecule has 0 saturated carbocycles. The highest BCUT2D eigenvalue weighted by atomic mass is 35.5. The Bertz CT molecular complexity index is 710. The summed E-state index contributed by atoms with van der Waals surface area (Å²) in [5.74, 6) is 0. The Morgan fingerprint density at radius 3 is 3.00 bits per heavy atom. The van der Waals surface area contributed by atoms with Gasteiger partial charge in [0, 0.05) is 18.1 Å². The molecular formula is C14H12ClN3S. The average molecular weight is 290 g/mol. The van der Waals surface area contributed by atoms with Crippen molar-refractivity contribution in [3.05, 3.63) is 52.8 Å². The third-order valence-electron chi connectivity index (χ3n) is 2.93. The van der Waals surface area contributed by atoms with Gasteiger partial charge in [-0.3, -0.25) is 4.98 Å². The Morgan fingerprint density at radius 1 is 1.26 bits per heavy atom. The van der Waals surface area contributed by atoms with Gasteiger partial charge in [-0.2, -0.15) is 0 Å². The van der Waals surface area contributed by atoms with Crippen LogP contribution >= 0.6 is 22.9 Å². The van der Waals surface area contributed by atoms with E-state index in [0.717, 1.165) is 16.8 Å². The molecule has 0 aliphatic rings. The molecule has 3 aromatic rings. The molecule has 5 heteroatoms. The van der Waals surface area contributed by atoms with Crippen LogP contribution in [0.25, 0.3) is 10.2 Å². The maximum absolute atomic E-state index is 5.88. The number of nitrogens with one attached hydrogen (secondary N) is 1. The van der Waals surface area contributed by atoms with Gasteiger partial charge < -0.3 is 5.32 Å². The van der Waals surface area contributed by atoms with Crippen molar-refractivity contribution in [2.45, 2.75) is 13.0 Å². The van der Waals surface area contributed by atoms with E-state index in [2.05, 4.69) is 33.7 Å². The maximum Gasteiger partial charge on any atom is 0.131 e. The predicted octanol–water partition coefficient (Wildman–Crippen LogP) is 4.52. The summed E-state index contributed by atoms with van der Waals surface area (Å²) in [5.41, 5.74) is 3.16. The second-order valence-corrected chi connectivity index (χ2v) is 5.64. The van der Waals surface area contributed by atoms with Crippen LogP contribution in [0.3, 0.4) is 0 Å². The van der Waals surface area contributed by atoms with Crippen molar-refractivity contribution in [1.29, 1.82) is 0 Å². The molecule has 3 heterocycles. The number of nitrogens with zero attached hydrogens (tertiary/aromatic N) is 2. The third kappa shape index (κ3) is 2.69. The Labute approximate surface area is 120 Å². The summed E-state index contributed by atoms with van der Waals surface area (Å²) in [5, 5.41) is 5.94. The molecule has 19 heavy (non-hydrogen) atoms. The SMILES string of the molecule is CC(Nc1ccnc(Cl)c1)c1cnc2ccsc2c1. The summed E-state index contributed by atoms with van der Waals surface area (Å²) in [6, 6.07) is 8.09. The van der Waals surface area contributed by atoms with Crippen LogP contribution in [0.5, 0.6) is 0 Å². The summed E-state index contributed by atoms with van der Waals surface area (Å²) < 4.78 is 1.21. The lowest BCUT2D eigenvalue weighted by atomic mass is 10.1. The molecule has 1 N–H and O–H groups in total. The molecule has 3 nitrogen and oxygen atoms in total. The van der Waals surface area contributed by atoms with E-state index in [-0.39, 0.29) is 6.04 Å². The predicted molar refractivity (Wildman–Crippen MR) is 80.9 cm³/mol. The van der Waals surface area contributed by atoms with Crippen LogP contribution in [0.4, 0.5) is 5.69 Å². The van der Waals surface area contributed by atoms with Gasteiger partial charge in [0.25, 0.3) is 0 Å². The molecule has 96 valence electrons. The fourth-order valence-electron chi connectivity index (χ4n) is 1.92. The molecule has 0 aliphatic heterocycles. The Hall–Kier alpha value is -1.65. The van der Waals surface area contributed by atoms with Crippen LogP contribution < -0.4 is 5.32 Å². The molecule has 3 aromatic heterocycles. The van der Waals surface area contributed by atoms with Crippen molar-refractivity contribution < 1.29 is 0 Å². The number of fused-ring (bicyclic) bond motifs is 1. The van der Waals surface area contributed by atoms with Gasteiger partial charge in [0.05, 0.1) is 16.3 Å². The highest BCUT2D eigenvalue weighted by Gasteiger charge is 2.08. The molecule has 0 aromatic carbocycles. The molecular weight excluding hydrogens is 278 g/mol. The Balaban J connectivity index is 1.84. The van der Waals surface area contributed by atoms with Crippen LogP contribution in [0.15, 0.2) is 42.0 Å². The molecule has 0 radical (unpaired) electrons. The monoisotopic (exact) mass is 289 g/mol. The first-order valence-electron chi connectivity index (χ1n) is 5.93. The van der Waals surface area contributed by atoms with Crippen molar-refractivity contribution in [1.82, 2.24) is 9.97 Å². The van der Waals surface area contributed by atoms with Gasteiger partial charge in [-0.25, -0.2) is 4.98 Å². The minimum absolute atomic E-state index is 0.164. The van der Waals surface area contributed by atoms with Crippen LogP contribution in [-0.4, -0.2) is 9.97 Å². The summed E-state index contributed by atoms with van der Waals surface area (Å²) in [4.78, 5) is 8.42. The van der Waals surface area contributed by atoms with Crippen molar-refractivity contribution in [3.63, 3.8) is 0 Å². The van der Waals surface area contributed by atoms with E-state index in [4.69, 9.17) is 11.6 Å². The standard InChI is InChI=1S/C14H12ClN3S/c1-9(18-11-2-4-16-14(15)7-11)10-6-13-12(17-8-10)3-5-19-13/h2-9H,1H3,(H,16,18). The fourth-order valence-corrected chi connectivity index (χ4v) is 2.89. The van der Waals surface area contributed by atoms with Crippen molar-refractivity contribution >= 4 is 38.8 Å². The summed E-state index contributed by atoms with van der Waals surface area (Å²) in [6.07, 6.45) is 3.60. The first-order chi connectivity index (χ1) is 9.22. The molecule has 0 bridgehead atoms. The number of halogens is 1. The number of rotatable bonds is 3. The lowest BCUT2D eigenvalue weighted by Crippen LogP contribution is -2.06. The zero-order valence-corrected chi connectivity index (χ0v) is 11.9.